The largest absolute Gasteiger partial charge is 0.307 e. The number of carbonyl (C=O) groups is 2. The zero-order valence-electron chi connectivity index (χ0n) is 33.5. The summed E-state index contributed by atoms with van der Waals surface area (Å²) in [6.07, 6.45) is 13.3. The average Bonchev–Trinajstić information content (AvgIpc) is 2.78. The van der Waals surface area contributed by atoms with Crippen molar-refractivity contribution in [1.29, 1.82) is 0 Å². The second-order valence-corrected chi connectivity index (χ2v) is 23.5. The van der Waals surface area contributed by atoms with Gasteiger partial charge in [0, 0.05) is 19.5 Å². The molecule has 0 radical (unpaired) electrons. The van der Waals surface area contributed by atoms with Crippen molar-refractivity contribution >= 4 is 37.3 Å². The van der Waals surface area contributed by atoms with E-state index in [-0.39, 0.29) is 19.5 Å². The Labute approximate surface area is 298 Å². The van der Waals surface area contributed by atoms with E-state index in [0.29, 0.717) is 23.8 Å². The molecule has 0 aromatic heterocycles. The van der Waals surface area contributed by atoms with Crippen LogP contribution in [-0.4, -0.2) is 69.0 Å². The summed E-state index contributed by atoms with van der Waals surface area (Å²) in [4.78, 5) is 16.0. The normalized spacial score (nSPS) is 11.2. The van der Waals surface area contributed by atoms with Crippen molar-refractivity contribution in [3.05, 3.63) is 0 Å². The van der Waals surface area contributed by atoms with Crippen molar-refractivity contribution in [3.63, 3.8) is 0 Å². The standard InChI is InChI=1S/3C12H27P.2CH2O.Ru/c3*1-10(2)7-13(8-11(3)4)9-12(5)6;2*1-2;/h3*10-12H,7-9H2,1-6H3;2*1H2;. The Hall–Kier alpha value is 1.25. The van der Waals surface area contributed by atoms with Gasteiger partial charge in [0.05, 0.1) is 0 Å². The van der Waals surface area contributed by atoms with Gasteiger partial charge in [0.1, 0.15) is 13.6 Å². The van der Waals surface area contributed by atoms with Gasteiger partial charge in [-0.3, -0.25) is 0 Å². The van der Waals surface area contributed by atoms with Gasteiger partial charge in [0.25, 0.3) is 0 Å². The van der Waals surface area contributed by atoms with Crippen LogP contribution in [0.1, 0.15) is 125 Å². The molecule has 0 spiro atoms. The molecule has 0 atom stereocenters. The predicted octanol–water partition coefficient (Wildman–Crippen LogP) is 12.9. The van der Waals surface area contributed by atoms with E-state index in [9.17, 15) is 0 Å². The maximum atomic E-state index is 8.00. The molecule has 0 unspecified atom stereocenters. The Balaban J connectivity index is -0.000000115. The van der Waals surface area contributed by atoms with E-state index in [1.165, 1.54) is 55.5 Å². The average molecular weight is 768 g/mol. The fourth-order valence-electron chi connectivity index (χ4n) is 5.32. The fourth-order valence-corrected chi connectivity index (χ4v) is 16.0. The maximum absolute atomic E-state index is 8.00. The summed E-state index contributed by atoms with van der Waals surface area (Å²) in [5.41, 5.74) is 0. The number of hydrogen-bond acceptors (Lipinski definition) is 2. The molecule has 0 heterocycles. The quantitative estimate of drug-likeness (QED) is 0.103. The first kappa shape index (κ1) is 57.5. The van der Waals surface area contributed by atoms with Crippen molar-refractivity contribution in [1.82, 2.24) is 0 Å². The van der Waals surface area contributed by atoms with E-state index in [4.69, 9.17) is 9.59 Å². The summed E-state index contributed by atoms with van der Waals surface area (Å²) in [5, 5.41) is 0. The summed E-state index contributed by atoms with van der Waals surface area (Å²) in [7, 11) is 0.963. The van der Waals surface area contributed by atoms with Gasteiger partial charge in [-0.2, -0.15) is 0 Å². The Bertz CT molecular complexity index is 394. The Morgan fingerprint density at radius 1 is 0.273 bits per heavy atom. The minimum atomic E-state index is 0. The van der Waals surface area contributed by atoms with Crippen molar-refractivity contribution in [3.8, 4) is 0 Å². The molecule has 272 valence electrons. The Morgan fingerprint density at radius 3 is 0.386 bits per heavy atom. The van der Waals surface area contributed by atoms with Gasteiger partial charge < -0.3 is 9.59 Å². The van der Waals surface area contributed by atoms with Gasteiger partial charge in [0.2, 0.25) is 0 Å². The zero-order chi connectivity index (χ0) is 35.3. The van der Waals surface area contributed by atoms with Gasteiger partial charge >= 0.3 is 0 Å². The Morgan fingerprint density at radius 2 is 0.341 bits per heavy atom. The van der Waals surface area contributed by atoms with Crippen LogP contribution in [0.25, 0.3) is 0 Å². The minimum Gasteiger partial charge on any atom is -0.307 e. The summed E-state index contributed by atoms with van der Waals surface area (Å²) in [6, 6.07) is 0. The van der Waals surface area contributed by atoms with Crippen LogP contribution in [0.3, 0.4) is 0 Å². The molecule has 0 rings (SSSR count). The molecule has 0 aliphatic carbocycles. The van der Waals surface area contributed by atoms with Crippen LogP contribution in [0.5, 0.6) is 0 Å². The van der Waals surface area contributed by atoms with E-state index >= 15 is 0 Å². The van der Waals surface area contributed by atoms with Crippen LogP contribution in [0.15, 0.2) is 0 Å². The predicted molar refractivity (Wildman–Crippen MR) is 212 cm³/mol. The zero-order valence-corrected chi connectivity index (χ0v) is 37.9. The van der Waals surface area contributed by atoms with Gasteiger partial charge in [-0.15, -0.1) is 23.8 Å². The van der Waals surface area contributed by atoms with Crippen molar-refractivity contribution in [2.45, 2.75) is 125 Å². The van der Waals surface area contributed by atoms with E-state index in [1.54, 1.807) is 0 Å². The molecular formula is C38H85O2P3Ru. The molecule has 0 fully saturated rings. The third-order valence-electron chi connectivity index (χ3n) is 5.61. The number of rotatable bonds is 18. The topological polar surface area (TPSA) is 34.1 Å². The molecular weight excluding hydrogens is 682 g/mol. The Kier molecular flexibility index (Phi) is 50.6. The van der Waals surface area contributed by atoms with E-state index < -0.39 is 0 Å². The molecule has 0 saturated carbocycles. The first-order valence-electron chi connectivity index (χ1n) is 17.5. The van der Waals surface area contributed by atoms with Crippen LogP contribution in [0.4, 0.5) is 0 Å². The molecule has 44 heavy (non-hydrogen) atoms. The number of carbonyl (C=O) groups excluding carboxylic acids is 2. The fraction of sp³-hybridized carbons (Fsp3) is 0.947. The van der Waals surface area contributed by atoms with E-state index in [0.717, 1.165) is 53.3 Å². The second-order valence-electron chi connectivity index (χ2n) is 16.2. The van der Waals surface area contributed by atoms with Gasteiger partial charge in [-0.05, 0) is 109 Å². The molecule has 0 aliphatic rings. The minimum absolute atomic E-state index is 0. The van der Waals surface area contributed by atoms with Crippen molar-refractivity contribution < 1.29 is 29.1 Å². The van der Waals surface area contributed by atoms with Crippen LogP contribution in [-0.2, 0) is 29.1 Å². The van der Waals surface area contributed by atoms with Gasteiger partial charge in [-0.1, -0.05) is 125 Å². The second kappa shape index (κ2) is 38.7. The first-order chi connectivity index (χ1) is 19.7. The van der Waals surface area contributed by atoms with E-state index in [2.05, 4.69) is 125 Å². The molecule has 0 bridgehead atoms. The third kappa shape index (κ3) is 55.6. The summed E-state index contributed by atoms with van der Waals surface area (Å²) in [5.74, 6) is 8.03. The van der Waals surface area contributed by atoms with E-state index in [1.807, 2.05) is 13.6 Å². The van der Waals surface area contributed by atoms with Crippen LogP contribution >= 0.6 is 23.8 Å². The summed E-state index contributed by atoms with van der Waals surface area (Å²) >= 11 is 0. The molecule has 0 aromatic rings. The van der Waals surface area contributed by atoms with Crippen LogP contribution in [0.2, 0.25) is 0 Å². The third-order valence-corrected chi connectivity index (χ3v) is 16.8. The van der Waals surface area contributed by atoms with Crippen molar-refractivity contribution in [2.24, 2.45) is 53.3 Å². The van der Waals surface area contributed by atoms with Crippen LogP contribution < -0.4 is 0 Å². The number of hydrogen-bond donors (Lipinski definition) is 0. The molecule has 0 amide bonds. The van der Waals surface area contributed by atoms with Gasteiger partial charge in [0.15, 0.2) is 0 Å². The van der Waals surface area contributed by atoms with Crippen LogP contribution in [0, 0.1) is 53.3 Å². The molecule has 0 aliphatic heterocycles. The van der Waals surface area contributed by atoms with Crippen molar-refractivity contribution in [2.75, 3.05) is 55.5 Å². The molecule has 0 aromatic carbocycles. The van der Waals surface area contributed by atoms with Gasteiger partial charge in [-0.25, -0.2) is 0 Å². The SMILES string of the molecule is C=O.C=O.CC(C)CP(CC(C)C)CC(C)C.CC(C)CP(CC(C)C)CC(C)C.CC(C)CP(CC(C)C)CC(C)C.[Ru]. The maximum Gasteiger partial charge on any atom is 0.106 e. The monoisotopic (exact) mass is 768 g/mol. The molecule has 0 N–H and O–H groups in total. The summed E-state index contributed by atoms with van der Waals surface area (Å²) in [6.45, 7) is 46.4. The summed E-state index contributed by atoms with van der Waals surface area (Å²) < 4.78 is 0. The molecule has 6 heteroatoms. The molecule has 0 saturated heterocycles. The molecule has 2 nitrogen and oxygen atoms in total. The first-order valence-corrected chi connectivity index (χ1v) is 23.2. The smallest absolute Gasteiger partial charge is 0.106 e.